The van der Waals surface area contributed by atoms with Crippen molar-refractivity contribution in [2.45, 2.75) is 32.8 Å². The number of esters is 1. The highest BCUT2D eigenvalue weighted by Gasteiger charge is 2.32. The Morgan fingerprint density at radius 2 is 2.00 bits per heavy atom. The fraction of sp³-hybridized carbons (Fsp3) is 0.400. The lowest BCUT2D eigenvalue weighted by molar-refractivity contribution is -0.154. The van der Waals surface area contributed by atoms with Gasteiger partial charge in [0.1, 0.15) is 0 Å². The minimum atomic E-state index is -0.707. The molecule has 0 aliphatic heterocycles. The maximum Gasteiger partial charge on any atom is 0.303 e. The highest BCUT2D eigenvalue weighted by Crippen LogP contribution is 2.34. The first-order valence-corrected chi connectivity index (χ1v) is 5.89. The summed E-state index contributed by atoms with van der Waals surface area (Å²) < 4.78 is 5.53. The molecule has 0 heterocycles. The van der Waals surface area contributed by atoms with Crippen LogP contribution >= 0.6 is 0 Å². The molecule has 0 bridgehead atoms. The van der Waals surface area contributed by atoms with E-state index in [1.54, 1.807) is 6.08 Å². The second kappa shape index (κ2) is 5.67. The molecular formula is C15H20O2. The van der Waals surface area contributed by atoms with Crippen LogP contribution in [-0.4, -0.2) is 5.97 Å². The summed E-state index contributed by atoms with van der Waals surface area (Å²) in [6.07, 6.45) is 2.46. The highest BCUT2D eigenvalue weighted by atomic mass is 16.6. The Morgan fingerprint density at radius 1 is 1.41 bits per heavy atom. The zero-order valence-corrected chi connectivity index (χ0v) is 10.8. The molecule has 1 aromatic rings. The molecule has 0 saturated heterocycles. The summed E-state index contributed by atoms with van der Waals surface area (Å²) >= 11 is 0. The van der Waals surface area contributed by atoms with Gasteiger partial charge in [-0.2, -0.15) is 0 Å². The van der Waals surface area contributed by atoms with E-state index in [-0.39, 0.29) is 5.97 Å². The van der Waals surface area contributed by atoms with Gasteiger partial charge in [0, 0.05) is 6.92 Å². The van der Waals surface area contributed by atoms with Crippen molar-refractivity contribution < 1.29 is 9.53 Å². The average molecular weight is 232 g/mol. The van der Waals surface area contributed by atoms with Crippen LogP contribution < -0.4 is 0 Å². The first kappa shape index (κ1) is 13.5. The normalized spacial score (nSPS) is 14.1. The Kier molecular flexibility index (Phi) is 4.50. The summed E-state index contributed by atoms with van der Waals surface area (Å²) in [5.74, 6) is 0.127. The SMILES string of the molecule is C=CC(CC(C)C)(OC(C)=O)c1ccccc1. The minimum absolute atomic E-state index is 0.283. The molecule has 0 aromatic heterocycles. The molecule has 1 aromatic carbocycles. The summed E-state index contributed by atoms with van der Waals surface area (Å²) in [4.78, 5) is 11.3. The minimum Gasteiger partial charge on any atom is -0.450 e. The van der Waals surface area contributed by atoms with E-state index in [4.69, 9.17) is 4.74 Å². The second-order valence-electron chi connectivity index (χ2n) is 4.65. The van der Waals surface area contributed by atoms with E-state index in [0.717, 1.165) is 12.0 Å². The maximum atomic E-state index is 11.3. The van der Waals surface area contributed by atoms with Crippen molar-refractivity contribution in [1.29, 1.82) is 0 Å². The topological polar surface area (TPSA) is 26.3 Å². The standard InChI is InChI=1S/C15H20O2/c1-5-15(11-12(2)3,17-13(4)16)14-9-7-6-8-10-14/h5-10,12H,1,11H2,2-4H3. The molecule has 0 radical (unpaired) electrons. The Balaban J connectivity index is 3.15. The van der Waals surface area contributed by atoms with Gasteiger partial charge >= 0.3 is 5.97 Å². The van der Waals surface area contributed by atoms with Crippen LogP contribution in [0.5, 0.6) is 0 Å². The van der Waals surface area contributed by atoms with Crippen LogP contribution in [0.1, 0.15) is 32.8 Å². The summed E-state index contributed by atoms with van der Waals surface area (Å²) in [5, 5.41) is 0. The van der Waals surface area contributed by atoms with Gasteiger partial charge in [-0.15, -0.1) is 0 Å². The summed E-state index contributed by atoms with van der Waals surface area (Å²) in [7, 11) is 0. The number of rotatable bonds is 5. The summed E-state index contributed by atoms with van der Waals surface area (Å²) in [6.45, 7) is 9.47. The van der Waals surface area contributed by atoms with Crippen molar-refractivity contribution in [3.8, 4) is 0 Å². The van der Waals surface area contributed by atoms with Gasteiger partial charge in [-0.25, -0.2) is 0 Å². The van der Waals surface area contributed by atoms with Crippen molar-refractivity contribution in [2.75, 3.05) is 0 Å². The summed E-state index contributed by atoms with van der Waals surface area (Å²) in [6, 6.07) is 9.76. The lowest BCUT2D eigenvalue weighted by atomic mass is 9.85. The Bertz CT molecular complexity index is 381. The van der Waals surface area contributed by atoms with Crippen molar-refractivity contribution in [3.05, 3.63) is 48.6 Å². The lowest BCUT2D eigenvalue weighted by Crippen LogP contribution is -2.31. The van der Waals surface area contributed by atoms with E-state index in [9.17, 15) is 4.79 Å². The molecule has 0 amide bonds. The number of ether oxygens (including phenoxy) is 1. The number of carbonyl (C=O) groups excluding carboxylic acids is 1. The molecule has 92 valence electrons. The van der Waals surface area contributed by atoms with Crippen LogP contribution in [0.2, 0.25) is 0 Å². The van der Waals surface area contributed by atoms with Crippen LogP contribution in [0.25, 0.3) is 0 Å². The lowest BCUT2D eigenvalue weighted by Gasteiger charge is -2.32. The highest BCUT2D eigenvalue weighted by molar-refractivity contribution is 5.67. The molecule has 1 atom stereocenters. The third-order valence-electron chi connectivity index (χ3n) is 2.63. The van der Waals surface area contributed by atoms with E-state index in [2.05, 4.69) is 20.4 Å². The molecule has 0 fully saturated rings. The quantitative estimate of drug-likeness (QED) is 0.572. The molecule has 1 unspecified atom stereocenters. The Labute approximate surface area is 103 Å². The van der Waals surface area contributed by atoms with Crippen molar-refractivity contribution >= 4 is 5.97 Å². The zero-order valence-electron chi connectivity index (χ0n) is 10.8. The van der Waals surface area contributed by atoms with Crippen molar-refractivity contribution in [2.24, 2.45) is 5.92 Å². The number of carbonyl (C=O) groups is 1. The van der Waals surface area contributed by atoms with Crippen molar-refractivity contribution in [1.82, 2.24) is 0 Å². The molecule has 0 N–H and O–H groups in total. The van der Waals surface area contributed by atoms with Gasteiger partial charge in [0.05, 0.1) is 0 Å². The summed E-state index contributed by atoms with van der Waals surface area (Å²) in [5.41, 5.74) is 0.264. The first-order chi connectivity index (χ1) is 8.00. The molecule has 1 rings (SSSR count). The van der Waals surface area contributed by atoms with E-state index in [0.29, 0.717) is 5.92 Å². The van der Waals surface area contributed by atoms with Crippen LogP contribution in [0.15, 0.2) is 43.0 Å². The molecule has 0 spiro atoms. The van der Waals surface area contributed by atoms with Gasteiger partial charge in [-0.1, -0.05) is 50.8 Å². The Morgan fingerprint density at radius 3 is 2.41 bits per heavy atom. The maximum absolute atomic E-state index is 11.3. The van der Waals surface area contributed by atoms with Gasteiger partial charge in [-0.05, 0) is 24.0 Å². The van der Waals surface area contributed by atoms with Crippen LogP contribution in [0.4, 0.5) is 0 Å². The fourth-order valence-corrected chi connectivity index (χ4v) is 2.04. The van der Waals surface area contributed by atoms with Crippen molar-refractivity contribution in [3.63, 3.8) is 0 Å². The third-order valence-corrected chi connectivity index (χ3v) is 2.63. The zero-order chi connectivity index (χ0) is 12.9. The number of hydrogen-bond donors (Lipinski definition) is 0. The third kappa shape index (κ3) is 3.45. The van der Waals surface area contributed by atoms with Gasteiger partial charge in [0.2, 0.25) is 0 Å². The van der Waals surface area contributed by atoms with Gasteiger partial charge in [-0.3, -0.25) is 4.79 Å². The predicted molar refractivity (Wildman–Crippen MR) is 69.5 cm³/mol. The number of benzene rings is 1. The van der Waals surface area contributed by atoms with Gasteiger partial charge in [0.25, 0.3) is 0 Å². The average Bonchev–Trinajstić information content (AvgIpc) is 2.28. The number of hydrogen-bond acceptors (Lipinski definition) is 2. The molecule has 0 aliphatic carbocycles. The smallest absolute Gasteiger partial charge is 0.303 e. The molecular weight excluding hydrogens is 212 g/mol. The largest absolute Gasteiger partial charge is 0.450 e. The molecule has 0 saturated carbocycles. The van der Waals surface area contributed by atoms with Gasteiger partial charge in [0.15, 0.2) is 5.60 Å². The Hall–Kier alpha value is -1.57. The van der Waals surface area contributed by atoms with Crippen LogP contribution in [0.3, 0.4) is 0 Å². The fourth-order valence-electron chi connectivity index (χ4n) is 2.04. The predicted octanol–water partition coefficient (Wildman–Crippen LogP) is 3.68. The van der Waals surface area contributed by atoms with Crippen LogP contribution in [-0.2, 0) is 15.1 Å². The second-order valence-corrected chi connectivity index (χ2v) is 4.65. The van der Waals surface area contributed by atoms with E-state index in [1.165, 1.54) is 6.92 Å². The molecule has 2 heteroatoms. The monoisotopic (exact) mass is 232 g/mol. The molecule has 17 heavy (non-hydrogen) atoms. The van der Waals surface area contributed by atoms with Gasteiger partial charge < -0.3 is 4.74 Å². The first-order valence-electron chi connectivity index (χ1n) is 5.89. The molecule has 2 nitrogen and oxygen atoms in total. The molecule has 0 aliphatic rings. The van der Waals surface area contributed by atoms with E-state index < -0.39 is 5.60 Å². The van der Waals surface area contributed by atoms with E-state index in [1.807, 2.05) is 30.3 Å². The van der Waals surface area contributed by atoms with E-state index >= 15 is 0 Å². The van der Waals surface area contributed by atoms with Crippen LogP contribution in [0, 0.1) is 5.92 Å².